The number of nitrogens with one attached hydrogen (secondary N) is 1. The van der Waals surface area contributed by atoms with E-state index in [1.807, 2.05) is 25.1 Å². The quantitative estimate of drug-likeness (QED) is 0.937. The lowest BCUT2D eigenvalue weighted by molar-refractivity contribution is 0.0930. The van der Waals surface area contributed by atoms with Crippen molar-refractivity contribution in [3.8, 4) is 11.5 Å². The molecule has 0 bridgehead atoms. The first-order valence-electron chi connectivity index (χ1n) is 6.77. The summed E-state index contributed by atoms with van der Waals surface area (Å²) in [5.41, 5.74) is 1.21. The van der Waals surface area contributed by atoms with Crippen molar-refractivity contribution in [2.45, 2.75) is 19.9 Å². The molecule has 6 heteroatoms. The molecule has 1 amide bonds. The van der Waals surface area contributed by atoms with E-state index in [4.69, 9.17) is 14.0 Å². The van der Waals surface area contributed by atoms with Crippen LogP contribution in [0.5, 0.6) is 11.5 Å². The summed E-state index contributed by atoms with van der Waals surface area (Å²) in [6, 6.07) is 7.07. The third-order valence-electron chi connectivity index (χ3n) is 3.27. The average Bonchev–Trinajstić information content (AvgIpc) is 2.93. The van der Waals surface area contributed by atoms with Gasteiger partial charge < -0.3 is 19.3 Å². The number of benzene rings is 1. The molecule has 2 heterocycles. The highest BCUT2D eigenvalue weighted by Gasteiger charge is 2.17. The first-order chi connectivity index (χ1) is 10.1. The number of hydrogen-bond acceptors (Lipinski definition) is 5. The standard InChI is InChI=1S/C15H16N2O4/c1-9-7-12(17-21-9)15(18)16-10(2)11-3-4-13-14(8-11)20-6-5-19-13/h3-4,7-8,10H,5-6H2,1-2H3,(H,16,18). The number of aromatic nitrogens is 1. The molecule has 0 radical (unpaired) electrons. The lowest BCUT2D eigenvalue weighted by atomic mass is 10.1. The Kier molecular flexibility index (Phi) is 3.51. The molecule has 0 saturated carbocycles. The summed E-state index contributed by atoms with van der Waals surface area (Å²) in [5, 5.41) is 6.58. The minimum Gasteiger partial charge on any atom is -0.486 e. The smallest absolute Gasteiger partial charge is 0.273 e. The molecule has 1 aliphatic rings. The number of nitrogens with zero attached hydrogens (tertiary/aromatic N) is 1. The monoisotopic (exact) mass is 288 g/mol. The van der Waals surface area contributed by atoms with Gasteiger partial charge in [0.2, 0.25) is 0 Å². The van der Waals surface area contributed by atoms with Crippen LogP contribution in [0, 0.1) is 6.92 Å². The lowest BCUT2D eigenvalue weighted by Gasteiger charge is -2.20. The third kappa shape index (κ3) is 2.84. The summed E-state index contributed by atoms with van der Waals surface area (Å²) < 4.78 is 15.9. The van der Waals surface area contributed by atoms with Gasteiger partial charge >= 0.3 is 0 Å². The van der Waals surface area contributed by atoms with Crippen LogP contribution in [0.15, 0.2) is 28.8 Å². The largest absolute Gasteiger partial charge is 0.486 e. The Morgan fingerprint density at radius 2 is 2.00 bits per heavy atom. The Hall–Kier alpha value is -2.50. The van der Waals surface area contributed by atoms with Crippen LogP contribution in [-0.2, 0) is 0 Å². The zero-order valence-corrected chi connectivity index (χ0v) is 11.9. The van der Waals surface area contributed by atoms with E-state index in [1.165, 1.54) is 0 Å². The summed E-state index contributed by atoms with van der Waals surface area (Å²) in [6.07, 6.45) is 0. The Bertz CT molecular complexity index is 665. The zero-order chi connectivity index (χ0) is 14.8. The van der Waals surface area contributed by atoms with Gasteiger partial charge in [0.15, 0.2) is 17.2 Å². The van der Waals surface area contributed by atoms with E-state index in [0.29, 0.717) is 24.7 Å². The predicted molar refractivity (Wildman–Crippen MR) is 74.6 cm³/mol. The molecule has 1 N–H and O–H groups in total. The van der Waals surface area contributed by atoms with Gasteiger partial charge in [-0.1, -0.05) is 11.2 Å². The molecule has 1 aliphatic heterocycles. The van der Waals surface area contributed by atoms with Crippen LogP contribution in [0.3, 0.4) is 0 Å². The van der Waals surface area contributed by atoms with Crippen molar-refractivity contribution in [3.05, 3.63) is 41.3 Å². The van der Waals surface area contributed by atoms with Gasteiger partial charge in [0, 0.05) is 6.07 Å². The number of aryl methyl sites for hydroxylation is 1. The Morgan fingerprint density at radius 1 is 1.24 bits per heavy atom. The molecule has 110 valence electrons. The molecule has 6 nitrogen and oxygen atoms in total. The predicted octanol–water partition coefficient (Wildman–Crippen LogP) is 2.25. The molecule has 0 spiro atoms. The number of rotatable bonds is 3. The fourth-order valence-electron chi connectivity index (χ4n) is 2.16. The van der Waals surface area contributed by atoms with E-state index in [-0.39, 0.29) is 17.6 Å². The van der Waals surface area contributed by atoms with Gasteiger partial charge in [-0.25, -0.2) is 0 Å². The maximum atomic E-state index is 12.0. The van der Waals surface area contributed by atoms with Crippen molar-refractivity contribution >= 4 is 5.91 Å². The molecule has 1 aromatic carbocycles. The average molecular weight is 288 g/mol. The molecular weight excluding hydrogens is 272 g/mol. The highest BCUT2D eigenvalue weighted by Crippen LogP contribution is 2.32. The van der Waals surface area contributed by atoms with Gasteiger partial charge in [-0.15, -0.1) is 0 Å². The van der Waals surface area contributed by atoms with Crippen LogP contribution in [0.2, 0.25) is 0 Å². The van der Waals surface area contributed by atoms with Crippen molar-refractivity contribution in [3.63, 3.8) is 0 Å². The number of carbonyl (C=O) groups excluding carboxylic acids is 1. The highest BCUT2D eigenvalue weighted by molar-refractivity contribution is 5.92. The summed E-state index contributed by atoms with van der Waals surface area (Å²) in [4.78, 5) is 12.0. The van der Waals surface area contributed by atoms with Gasteiger partial charge in [0.1, 0.15) is 19.0 Å². The number of fused-ring (bicyclic) bond motifs is 1. The summed E-state index contributed by atoms with van der Waals surface area (Å²) in [6.45, 7) is 4.74. The van der Waals surface area contributed by atoms with Crippen LogP contribution in [0.25, 0.3) is 0 Å². The van der Waals surface area contributed by atoms with Crippen molar-refractivity contribution in [1.29, 1.82) is 0 Å². The van der Waals surface area contributed by atoms with Gasteiger partial charge in [-0.2, -0.15) is 0 Å². The molecule has 0 fully saturated rings. The van der Waals surface area contributed by atoms with Gasteiger partial charge in [0.05, 0.1) is 6.04 Å². The van der Waals surface area contributed by atoms with E-state index >= 15 is 0 Å². The fourth-order valence-corrected chi connectivity index (χ4v) is 2.16. The van der Waals surface area contributed by atoms with Crippen LogP contribution >= 0.6 is 0 Å². The van der Waals surface area contributed by atoms with Gasteiger partial charge in [-0.05, 0) is 31.5 Å². The second-order valence-corrected chi connectivity index (χ2v) is 4.92. The molecule has 21 heavy (non-hydrogen) atoms. The number of hydrogen-bond donors (Lipinski definition) is 1. The van der Waals surface area contributed by atoms with E-state index in [1.54, 1.807) is 13.0 Å². The second-order valence-electron chi connectivity index (χ2n) is 4.92. The Balaban J connectivity index is 1.73. The lowest BCUT2D eigenvalue weighted by Crippen LogP contribution is -2.27. The summed E-state index contributed by atoms with van der Waals surface area (Å²) >= 11 is 0. The van der Waals surface area contributed by atoms with Crippen molar-refractivity contribution in [2.75, 3.05) is 13.2 Å². The Labute approximate surface area is 122 Å². The van der Waals surface area contributed by atoms with Crippen molar-refractivity contribution in [1.82, 2.24) is 10.5 Å². The summed E-state index contributed by atoms with van der Waals surface area (Å²) in [5.74, 6) is 1.77. The molecular formula is C15H16N2O4. The van der Waals surface area contributed by atoms with E-state index in [2.05, 4.69) is 10.5 Å². The number of amides is 1. The minimum absolute atomic E-state index is 0.176. The molecule has 2 aromatic rings. The summed E-state index contributed by atoms with van der Waals surface area (Å²) in [7, 11) is 0. The maximum Gasteiger partial charge on any atom is 0.273 e. The van der Waals surface area contributed by atoms with E-state index in [9.17, 15) is 4.79 Å². The van der Waals surface area contributed by atoms with Crippen LogP contribution in [0.4, 0.5) is 0 Å². The van der Waals surface area contributed by atoms with Crippen molar-refractivity contribution in [2.24, 2.45) is 0 Å². The molecule has 1 aromatic heterocycles. The topological polar surface area (TPSA) is 73.6 Å². The third-order valence-corrected chi connectivity index (χ3v) is 3.27. The van der Waals surface area contributed by atoms with Gasteiger partial charge in [0.25, 0.3) is 5.91 Å². The van der Waals surface area contributed by atoms with Crippen LogP contribution in [-0.4, -0.2) is 24.3 Å². The van der Waals surface area contributed by atoms with E-state index in [0.717, 1.165) is 11.3 Å². The normalized spacial score (nSPS) is 14.6. The molecule has 1 atom stereocenters. The SMILES string of the molecule is Cc1cc(C(=O)NC(C)c2ccc3c(c2)OCCO3)no1. The van der Waals surface area contributed by atoms with Crippen LogP contribution in [0.1, 0.15) is 34.8 Å². The first-order valence-corrected chi connectivity index (χ1v) is 6.77. The molecule has 1 unspecified atom stereocenters. The van der Waals surface area contributed by atoms with Gasteiger partial charge in [-0.3, -0.25) is 4.79 Å². The molecule has 0 saturated heterocycles. The zero-order valence-electron chi connectivity index (χ0n) is 11.9. The first kappa shape index (κ1) is 13.5. The fraction of sp³-hybridized carbons (Fsp3) is 0.333. The number of ether oxygens (including phenoxy) is 2. The van der Waals surface area contributed by atoms with Crippen molar-refractivity contribution < 1.29 is 18.8 Å². The minimum atomic E-state index is -0.269. The second kappa shape index (κ2) is 5.47. The molecule has 0 aliphatic carbocycles. The van der Waals surface area contributed by atoms with E-state index < -0.39 is 0 Å². The highest BCUT2D eigenvalue weighted by atomic mass is 16.6. The maximum absolute atomic E-state index is 12.0. The Morgan fingerprint density at radius 3 is 2.71 bits per heavy atom. The number of carbonyl (C=O) groups is 1. The van der Waals surface area contributed by atoms with Crippen LogP contribution < -0.4 is 14.8 Å². The molecule has 3 rings (SSSR count).